The molecule has 0 aliphatic carbocycles. The van der Waals surface area contributed by atoms with Crippen molar-refractivity contribution in [3.05, 3.63) is 65.3 Å². The van der Waals surface area contributed by atoms with Gasteiger partial charge >= 0.3 is 0 Å². The zero-order chi connectivity index (χ0) is 13.9. The van der Waals surface area contributed by atoms with Crippen molar-refractivity contribution in [2.24, 2.45) is 5.73 Å². The van der Waals surface area contributed by atoms with E-state index in [1.165, 1.54) is 4.70 Å². The van der Waals surface area contributed by atoms with Gasteiger partial charge in [0.25, 0.3) is 0 Å². The lowest BCUT2D eigenvalue weighted by Gasteiger charge is -2.20. The second-order valence-electron chi connectivity index (χ2n) is 4.75. The summed E-state index contributed by atoms with van der Waals surface area (Å²) >= 11 is 1.62. The minimum atomic E-state index is -0.584. The van der Waals surface area contributed by atoms with E-state index in [2.05, 4.69) is 23.2 Å². The average molecular weight is 284 g/mol. The number of hydrogen-bond donors (Lipinski definition) is 2. The second kappa shape index (κ2) is 5.71. The topological polar surface area (TPSA) is 59.1 Å². The van der Waals surface area contributed by atoms with Crippen LogP contribution in [0.3, 0.4) is 0 Å². The zero-order valence-electron chi connectivity index (χ0n) is 10.9. The fourth-order valence-corrected chi connectivity index (χ4v) is 3.52. The summed E-state index contributed by atoms with van der Waals surface area (Å²) < 4.78 is 1.19. The molecule has 3 N–H and O–H groups in total. The average Bonchev–Trinajstić information content (AvgIpc) is 2.93. The molecule has 102 valence electrons. The Hall–Kier alpha value is -1.75. The molecule has 0 saturated carbocycles. The monoisotopic (exact) mass is 284 g/mol. The van der Waals surface area contributed by atoms with Crippen LogP contribution in [0, 0.1) is 0 Å². The van der Waals surface area contributed by atoms with E-state index in [9.17, 15) is 5.11 Å². The Morgan fingerprint density at radius 1 is 1.15 bits per heavy atom. The van der Waals surface area contributed by atoms with Crippen LogP contribution in [0.15, 0.2) is 54.9 Å². The highest BCUT2D eigenvalue weighted by Gasteiger charge is 2.23. The summed E-state index contributed by atoms with van der Waals surface area (Å²) in [5, 5.41) is 11.8. The first-order valence-electron chi connectivity index (χ1n) is 6.56. The Morgan fingerprint density at radius 2 is 1.90 bits per heavy atom. The van der Waals surface area contributed by atoms with Crippen molar-refractivity contribution in [3.63, 3.8) is 0 Å². The van der Waals surface area contributed by atoms with Crippen LogP contribution in [-0.4, -0.2) is 16.6 Å². The number of aliphatic hydroxyl groups excluding tert-OH is 1. The van der Waals surface area contributed by atoms with Crippen LogP contribution in [0.25, 0.3) is 10.1 Å². The van der Waals surface area contributed by atoms with Gasteiger partial charge in [-0.15, -0.1) is 11.3 Å². The van der Waals surface area contributed by atoms with Crippen LogP contribution in [0.5, 0.6) is 0 Å². The van der Waals surface area contributed by atoms with Gasteiger partial charge in [0.15, 0.2) is 0 Å². The summed E-state index contributed by atoms with van der Waals surface area (Å²) in [4.78, 5) is 4.97. The Labute approximate surface area is 121 Å². The Bertz CT molecular complexity index is 663. The lowest BCUT2D eigenvalue weighted by molar-refractivity contribution is 0.151. The molecule has 0 radical (unpaired) electrons. The van der Waals surface area contributed by atoms with Crippen molar-refractivity contribution in [3.8, 4) is 0 Å². The molecular weight excluding hydrogens is 268 g/mol. The minimum absolute atomic E-state index is 0.105. The number of fused-ring (bicyclic) bond motifs is 1. The van der Waals surface area contributed by atoms with Gasteiger partial charge in [0, 0.05) is 34.4 Å². The molecule has 2 unspecified atom stereocenters. The molecule has 0 bridgehead atoms. The van der Waals surface area contributed by atoms with E-state index in [0.29, 0.717) is 6.54 Å². The summed E-state index contributed by atoms with van der Waals surface area (Å²) in [6.45, 7) is 0.402. The number of thiophene rings is 1. The van der Waals surface area contributed by atoms with Crippen LogP contribution in [0.2, 0.25) is 0 Å². The third-order valence-electron chi connectivity index (χ3n) is 3.51. The molecule has 2 aromatic heterocycles. The van der Waals surface area contributed by atoms with E-state index in [0.717, 1.165) is 15.8 Å². The summed E-state index contributed by atoms with van der Waals surface area (Å²) in [5.74, 6) is -0.105. The molecule has 3 nitrogen and oxygen atoms in total. The molecule has 0 amide bonds. The molecule has 0 aliphatic rings. The van der Waals surface area contributed by atoms with Crippen molar-refractivity contribution >= 4 is 21.4 Å². The highest BCUT2D eigenvalue weighted by molar-refractivity contribution is 7.19. The minimum Gasteiger partial charge on any atom is -0.387 e. The summed E-state index contributed by atoms with van der Waals surface area (Å²) in [7, 11) is 0. The molecule has 2 atom stereocenters. The smallest absolute Gasteiger partial charge is 0.0962 e. The molecule has 2 heterocycles. The third kappa shape index (κ3) is 2.45. The number of nitrogens with zero attached hydrogens (tertiary/aromatic N) is 1. The fraction of sp³-hybridized carbons (Fsp3) is 0.188. The van der Waals surface area contributed by atoms with Gasteiger partial charge in [0.1, 0.15) is 0 Å². The van der Waals surface area contributed by atoms with Crippen LogP contribution in [0.4, 0.5) is 0 Å². The van der Waals surface area contributed by atoms with Crippen molar-refractivity contribution < 1.29 is 5.11 Å². The summed E-state index contributed by atoms with van der Waals surface area (Å²) in [6, 6.07) is 14.0. The Balaban J connectivity index is 1.95. The highest BCUT2D eigenvalue weighted by atomic mass is 32.1. The van der Waals surface area contributed by atoms with Gasteiger partial charge in [-0.2, -0.15) is 0 Å². The second-order valence-corrected chi connectivity index (χ2v) is 5.87. The number of hydrogen-bond acceptors (Lipinski definition) is 4. The molecule has 4 heteroatoms. The van der Waals surface area contributed by atoms with Crippen molar-refractivity contribution in [2.75, 3.05) is 6.54 Å². The normalized spacial score (nSPS) is 14.3. The quantitative estimate of drug-likeness (QED) is 0.774. The lowest BCUT2D eigenvalue weighted by Crippen LogP contribution is -2.19. The van der Waals surface area contributed by atoms with Gasteiger partial charge < -0.3 is 10.8 Å². The molecule has 0 fully saturated rings. The number of aliphatic hydroxyl groups is 1. The van der Waals surface area contributed by atoms with Crippen LogP contribution < -0.4 is 5.73 Å². The third-order valence-corrected chi connectivity index (χ3v) is 4.69. The van der Waals surface area contributed by atoms with Gasteiger partial charge in [-0.3, -0.25) is 4.98 Å². The van der Waals surface area contributed by atoms with Crippen molar-refractivity contribution in [2.45, 2.75) is 12.0 Å². The van der Waals surface area contributed by atoms with Gasteiger partial charge in [0.05, 0.1) is 6.10 Å². The first-order valence-corrected chi connectivity index (χ1v) is 7.38. The molecule has 0 saturated heterocycles. The first kappa shape index (κ1) is 13.2. The van der Waals surface area contributed by atoms with E-state index in [1.807, 2.05) is 24.3 Å². The maximum atomic E-state index is 10.6. The number of rotatable bonds is 4. The highest BCUT2D eigenvalue weighted by Crippen LogP contribution is 2.36. The zero-order valence-corrected chi connectivity index (χ0v) is 11.8. The van der Waals surface area contributed by atoms with Crippen LogP contribution in [0.1, 0.15) is 22.5 Å². The van der Waals surface area contributed by atoms with Crippen LogP contribution >= 0.6 is 11.3 Å². The standard InChI is InChI=1S/C16H16N2OS/c17-10-13(11-5-7-18-8-6-11)16(19)15-9-12-3-1-2-4-14(12)20-15/h1-9,13,16,19H,10,17H2. The Kier molecular flexibility index (Phi) is 3.78. The van der Waals surface area contributed by atoms with Gasteiger partial charge in [-0.05, 0) is 35.2 Å². The molecule has 0 aliphatic heterocycles. The lowest BCUT2D eigenvalue weighted by atomic mass is 9.93. The Morgan fingerprint density at radius 3 is 2.60 bits per heavy atom. The van der Waals surface area contributed by atoms with Crippen molar-refractivity contribution in [1.29, 1.82) is 0 Å². The van der Waals surface area contributed by atoms with E-state index in [4.69, 9.17) is 5.73 Å². The van der Waals surface area contributed by atoms with Crippen LogP contribution in [-0.2, 0) is 0 Å². The van der Waals surface area contributed by atoms with E-state index in [-0.39, 0.29) is 5.92 Å². The number of pyridine rings is 1. The fourth-order valence-electron chi connectivity index (χ4n) is 2.40. The largest absolute Gasteiger partial charge is 0.387 e. The van der Waals surface area contributed by atoms with E-state index >= 15 is 0 Å². The van der Waals surface area contributed by atoms with Crippen molar-refractivity contribution in [1.82, 2.24) is 4.98 Å². The maximum Gasteiger partial charge on any atom is 0.0962 e. The number of benzene rings is 1. The molecule has 3 rings (SSSR count). The molecule has 3 aromatic rings. The number of aromatic nitrogens is 1. The SMILES string of the molecule is NCC(c1ccncc1)C(O)c1cc2ccccc2s1. The van der Waals surface area contributed by atoms with Gasteiger partial charge in [0.2, 0.25) is 0 Å². The summed E-state index contributed by atoms with van der Waals surface area (Å²) in [6.07, 6.45) is 2.88. The van der Waals surface area contributed by atoms with E-state index in [1.54, 1.807) is 23.7 Å². The molecule has 1 aromatic carbocycles. The maximum absolute atomic E-state index is 10.6. The predicted octanol–water partition coefficient (Wildman–Crippen LogP) is 3.07. The summed E-state index contributed by atoms with van der Waals surface area (Å²) in [5.41, 5.74) is 6.88. The van der Waals surface area contributed by atoms with Gasteiger partial charge in [-0.1, -0.05) is 18.2 Å². The van der Waals surface area contributed by atoms with Gasteiger partial charge in [-0.25, -0.2) is 0 Å². The first-order chi connectivity index (χ1) is 9.79. The van der Waals surface area contributed by atoms with E-state index < -0.39 is 6.10 Å². The molecule has 20 heavy (non-hydrogen) atoms. The molecule has 0 spiro atoms. The predicted molar refractivity (Wildman–Crippen MR) is 82.8 cm³/mol. The molecular formula is C16H16N2OS. The number of nitrogens with two attached hydrogens (primary N) is 1.